The van der Waals surface area contributed by atoms with Crippen molar-refractivity contribution in [1.29, 1.82) is 0 Å². The molecule has 0 aromatic heterocycles. The topological polar surface area (TPSA) is 29.5 Å². The number of fused-ring (bicyclic) bond motifs is 2. The van der Waals surface area contributed by atoms with Crippen LogP contribution >= 0.6 is 0 Å². The normalized spacial score (nSPS) is 33.9. The minimum atomic E-state index is -1.80. The summed E-state index contributed by atoms with van der Waals surface area (Å²) in [6, 6.07) is 0. The van der Waals surface area contributed by atoms with Gasteiger partial charge in [0, 0.05) is 12.5 Å². The molecule has 4 atom stereocenters. The minimum absolute atomic E-state index is 0.324. The maximum Gasteiger partial charge on any atom is 0.200 e. The summed E-state index contributed by atoms with van der Waals surface area (Å²) < 4.78 is 7.00. The highest BCUT2D eigenvalue weighted by atomic mass is 28.4. The fourth-order valence-electron chi connectivity index (χ4n) is 5.44. The van der Waals surface area contributed by atoms with E-state index in [0.717, 1.165) is 11.8 Å². The Labute approximate surface area is 126 Å². The Kier molecular flexibility index (Phi) is 5.03. The van der Waals surface area contributed by atoms with Crippen LogP contribution < -0.4 is 0 Å². The van der Waals surface area contributed by atoms with Gasteiger partial charge < -0.3 is 9.53 Å². The third-order valence-corrected chi connectivity index (χ3v) is 12.4. The number of aliphatic hydroxyl groups is 1. The molecule has 2 fully saturated rings. The van der Waals surface area contributed by atoms with E-state index in [9.17, 15) is 5.11 Å². The van der Waals surface area contributed by atoms with Crippen LogP contribution in [0.4, 0.5) is 0 Å². The Hall–Kier alpha value is 0.137. The molecule has 0 radical (unpaired) electrons. The quantitative estimate of drug-likeness (QED) is 0.727. The second kappa shape index (κ2) is 6.10. The van der Waals surface area contributed by atoms with Crippen LogP contribution in [-0.4, -0.2) is 26.1 Å². The van der Waals surface area contributed by atoms with E-state index in [1.54, 1.807) is 0 Å². The minimum Gasteiger partial charge on any atom is -0.412 e. The van der Waals surface area contributed by atoms with Crippen molar-refractivity contribution in [2.24, 2.45) is 17.8 Å². The Morgan fingerprint density at radius 2 is 1.45 bits per heavy atom. The summed E-state index contributed by atoms with van der Waals surface area (Å²) in [6.45, 7) is 14.5. The number of aliphatic hydroxyl groups excluding tert-OH is 1. The van der Waals surface area contributed by atoms with E-state index < -0.39 is 8.32 Å². The van der Waals surface area contributed by atoms with Crippen LogP contribution in [0.3, 0.4) is 0 Å². The molecule has 3 heteroatoms. The SMILES string of the molecule is CC(C)[Si](O[C@H]1[C@@H]2CC[C@@H](C2)[C@@H]1CO)(C(C)C)C(C)C. The first-order valence-corrected chi connectivity index (χ1v) is 10.8. The van der Waals surface area contributed by atoms with Crippen LogP contribution in [0.15, 0.2) is 0 Å². The highest BCUT2D eigenvalue weighted by Crippen LogP contribution is 2.53. The molecule has 0 aromatic rings. The van der Waals surface area contributed by atoms with Gasteiger partial charge in [-0.3, -0.25) is 0 Å². The summed E-state index contributed by atoms with van der Waals surface area (Å²) in [5, 5.41) is 9.81. The molecule has 0 unspecified atom stereocenters. The maximum absolute atomic E-state index is 9.81. The summed E-state index contributed by atoms with van der Waals surface area (Å²) in [5.41, 5.74) is 1.92. The van der Waals surface area contributed by atoms with Gasteiger partial charge in [-0.25, -0.2) is 0 Å². The van der Waals surface area contributed by atoms with Gasteiger partial charge in [-0.2, -0.15) is 0 Å². The second-order valence-corrected chi connectivity index (χ2v) is 13.5. The highest BCUT2D eigenvalue weighted by Gasteiger charge is 2.54. The molecule has 0 spiro atoms. The molecular weight excluding hydrogens is 264 g/mol. The predicted molar refractivity (Wildman–Crippen MR) is 87.3 cm³/mol. The molecule has 2 saturated carbocycles. The van der Waals surface area contributed by atoms with Crippen molar-refractivity contribution >= 4 is 8.32 Å². The first-order valence-electron chi connectivity index (χ1n) is 8.63. The van der Waals surface area contributed by atoms with Crippen molar-refractivity contribution in [3.8, 4) is 0 Å². The van der Waals surface area contributed by atoms with E-state index in [1.807, 2.05) is 0 Å². The fourth-order valence-corrected chi connectivity index (χ4v) is 11.1. The molecule has 1 N–H and O–H groups in total. The third-order valence-electron chi connectivity index (χ3n) is 6.26. The van der Waals surface area contributed by atoms with Crippen LogP contribution in [0.5, 0.6) is 0 Å². The van der Waals surface area contributed by atoms with Crippen molar-refractivity contribution in [1.82, 2.24) is 0 Å². The summed E-state index contributed by atoms with van der Waals surface area (Å²) in [6.07, 6.45) is 4.28. The summed E-state index contributed by atoms with van der Waals surface area (Å²) in [4.78, 5) is 0. The van der Waals surface area contributed by atoms with E-state index in [-0.39, 0.29) is 0 Å². The molecule has 2 nitrogen and oxygen atoms in total. The molecule has 118 valence electrons. The molecule has 0 heterocycles. The average Bonchev–Trinajstić information content (AvgIpc) is 2.94. The van der Waals surface area contributed by atoms with Gasteiger partial charge in [0.25, 0.3) is 0 Å². The van der Waals surface area contributed by atoms with Crippen LogP contribution in [0.1, 0.15) is 60.8 Å². The lowest BCUT2D eigenvalue weighted by Gasteiger charge is -2.47. The molecule has 2 bridgehead atoms. The molecule has 20 heavy (non-hydrogen) atoms. The molecule has 0 amide bonds. The van der Waals surface area contributed by atoms with Crippen LogP contribution in [0.25, 0.3) is 0 Å². The van der Waals surface area contributed by atoms with E-state index >= 15 is 0 Å². The molecule has 0 aliphatic heterocycles. The standard InChI is InChI=1S/C17H34O2Si/c1-11(2)20(12(3)4,13(5)6)19-17-15-8-7-14(9-15)16(17)10-18/h11-18H,7-10H2,1-6H3/t14-,15+,16-,17-/m0/s1. The van der Waals surface area contributed by atoms with Crippen LogP contribution in [-0.2, 0) is 4.43 Å². The van der Waals surface area contributed by atoms with E-state index in [1.165, 1.54) is 19.3 Å². The average molecular weight is 299 g/mol. The third kappa shape index (κ3) is 2.50. The van der Waals surface area contributed by atoms with Crippen LogP contribution in [0, 0.1) is 17.8 Å². The summed E-state index contributed by atoms with van der Waals surface area (Å²) in [7, 11) is -1.80. The van der Waals surface area contributed by atoms with Crippen molar-refractivity contribution in [2.45, 2.75) is 83.5 Å². The molecule has 2 aliphatic rings. The number of hydrogen-bond donors (Lipinski definition) is 1. The lowest BCUT2D eigenvalue weighted by Crippen LogP contribution is -2.53. The molecule has 0 aromatic carbocycles. The van der Waals surface area contributed by atoms with Gasteiger partial charge in [-0.15, -0.1) is 0 Å². The highest BCUT2D eigenvalue weighted by molar-refractivity contribution is 6.77. The zero-order valence-corrected chi connectivity index (χ0v) is 15.2. The predicted octanol–water partition coefficient (Wildman–Crippen LogP) is 4.59. The molecule has 2 rings (SSSR count). The monoisotopic (exact) mass is 298 g/mol. The zero-order valence-electron chi connectivity index (χ0n) is 14.2. The van der Waals surface area contributed by atoms with Gasteiger partial charge in [0.2, 0.25) is 8.32 Å². The summed E-state index contributed by atoms with van der Waals surface area (Å²) in [5.74, 6) is 1.87. The largest absolute Gasteiger partial charge is 0.412 e. The zero-order chi connectivity index (χ0) is 15.1. The van der Waals surface area contributed by atoms with E-state index in [4.69, 9.17) is 4.43 Å². The van der Waals surface area contributed by atoms with E-state index in [0.29, 0.717) is 35.3 Å². The lowest BCUT2D eigenvalue weighted by molar-refractivity contribution is 0.0330. The van der Waals surface area contributed by atoms with E-state index in [2.05, 4.69) is 41.5 Å². The first-order chi connectivity index (χ1) is 9.34. The Morgan fingerprint density at radius 1 is 0.950 bits per heavy atom. The Balaban J connectivity index is 2.23. The first kappa shape index (κ1) is 16.5. The van der Waals surface area contributed by atoms with Gasteiger partial charge in [0.1, 0.15) is 0 Å². The number of rotatable bonds is 6. The van der Waals surface area contributed by atoms with Gasteiger partial charge in [0.05, 0.1) is 6.10 Å². The molecule has 2 aliphatic carbocycles. The van der Waals surface area contributed by atoms with Crippen LogP contribution in [0.2, 0.25) is 16.6 Å². The van der Waals surface area contributed by atoms with Gasteiger partial charge >= 0.3 is 0 Å². The Morgan fingerprint density at radius 3 is 1.90 bits per heavy atom. The maximum atomic E-state index is 9.81. The molecule has 0 saturated heterocycles. The smallest absolute Gasteiger partial charge is 0.200 e. The van der Waals surface area contributed by atoms with Crippen molar-refractivity contribution < 1.29 is 9.53 Å². The van der Waals surface area contributed by atoms with Crippen molar-refractivity contribution in [3.63, 3.8) is 0 Å². The van der Waals surface area contributed by atoms with Gasteiger partial charge in [0.15, 0.2) is 0 Å². The van der Waals surface area contributed by atoms with Crippen molar-refractivity contribution in [2.75, 3.05) is 6.61 Å². The fraction of sp³-hybridized carbons (Fsp3) is 1.00. The van der Waals surface area contributed by atoms with Crippen molar-refractivity contribution in [3.05, 3.63) is 0 Å². The summed E-state index contributed by atoms with van der Waals surface area (Å²) >= 11 is 0. The Bertz CT molecular complexity index is 305. The lowest BCUT2D eigenvalue weighted by atomic mass is 9.87. The number of hydrogen-bond acceptors (Lipinski definition) is 2. The second-order valence-electron chi connectivity index (χ2n) is 8.08. The van der Waals surface area contributed by atoms with Gasteiger partial charge in [-0.1, -0.05) is 41.5 Å². The van der Waals surface area contributed by atoms with Gasteiger partial charge in [-0.05, 0) is 47.7 Å². The molecular formula is C17H34O2Si.